The minimum Gasteiger partial charge on any atom is -0.348 e. The number of carbonyl (C=O) groups is 1. The fourth-order valence-corrected chi connectivity index (χ4v) is 3.79. The fraction of sp³-hybridized carbons (Fsp3) is 0.400. The van der Waals surface area contributed by atoms with Crippen LogP contribution in [0.5, 0.6) is 0 Å². The smallest absolute Gasteiger partial charge is 0.348 e. The van der Waals surface area contributed by atoms with Crippen molar-refractivity contribution < 1.29 is 18.0 Å². The lowest BCUT2D eigenvalue weighted by Crippen LogP contribution is -2.26. The zero-order chi connectivity index (χ0) is 24.9. The predicted octanol–water partition coefficient (Wildman–Crippen LogP) is 5.18. The molecule has 6 nitrogen and oxygen atoms in total. The van der Waals surface area contributed by atoms with Crippen molar-refractivity contribution in [3.05, 3.63) is 76.7 Å². The molecule has 3 rings (SSSR count). The Labute approximate surface area is 197 Å². The van der Waals surface area contributed by atoms with Crippen LogP contribution in [0.3, 0.4) is 0 Å². The van der Waals surface area contributed by atoms with Crippen LogP contribution in [0.2, 0.25) is 0 Å². The van der Waals surface area contributed by atoms with Crippen LogP contribution in [0.1, 0.15) is 66.4 Å². The van der Waals surface area contributed by atoms with E-state index in [9.17, 15) is 18.0 Å². The minimum absolute atomic E-state index is 0.109. The first-order valence-corrected chi connectivity index (χ1v) is 11.3. The quantitative estimate of drug-likeness (QED) is 0.465. The molecular weight excluding hydrogens is 443 g/mol. The van der Waals surface area contributed by atoms with Gasteiger partial charge in [0.2, 0.25) is 0 Å². The number of nitrogens with one attached hydrogen (secondary N) is 1. The molecule has 0 aliphatic heterocycles. The van der Waals surface area contributed by atoms with E-state index in [1.165, 1.54) is 16.9 Å². The summed E-state index contributed by atoms with van der Waals surface area (Å²) in [4.78, 5) is 19.3. The number of amides is 1. The van der Waals surface area contributed by atoms with Gasteiger partial charge in [-0.1, -0.05) is 52.0 Å². The van der Waals surface area contributed by atoms with Crippen molar-refractivity contribution in [1.29, 1.82) is 0 Å². The number of benzene rings is 1. The normalized spacial score (nSPS) is 11.9. The maximum Gasteiger partial charge on any atom is 0.417 e. The molecule has 0 unspecified atom stereocenters. The van der Waals surface area contributed by atoms with Gasteiger partial charge >= 0.3 is 6.18 Å². The van der Waals surface area contributed by atoms with Crippen LogP contribution in [0.4, 0.5) is 13.2 Å². The Morgan fingerprint density at radius 2 is 1.74 bits per heavy atom. The maximum absolute atomic E-state index is 13.1. The Bertz CT molecular complexity index is 1100. The van der Waals surface area contributed by atoms with Crippen LogP contribution in [0, 0.1) is 0 Å². The van der Waals surface area contributed by atoms with Crippen molar-refractivity contribution in [3.63, 3.8) is 0 Å². The number of nitrogens with zero attached hydrogens (tertiary/aromatic N) is 4. The molecule has 1 N–H and O–H groups in total. The second kappa shape index (κ2) is 10.8. The topological polar surface area (TPSA) is 63.1 Å². The first-order chi connectivity index (χ1) is 16.2. The zero-order valence-electron chi connectivity index (χ0n) is 19.9. The van der Waals surface area contributed by atoms with Gasteiger partial charge in [-0.05, 0) is 42.3 Å². The molecule has 0 saturated carbocycles. The third-order valence-corrected chi connectivity index (χ3v) is 5.74. The fourth-order valence-electron chi connectivity index (χ4n) is 3.79. The van der Waals surface area contributed by atoms with Gasteiger partial charge in [0.05, 0.1) is 23.0 Å². The van der Waals surface area contributed by atoms with E-state index in [0.717, 1.165) is 43.0 Å². The van der Waals surface area contributed by atoms with Gasteiger partial charge in [0.25, 0.3) is 5.91 Å². The number of aromatic nitrogens is 3. The molecule has 9 heteroatoms. The molecule has 0 fully saturated rings. The molecular formula is C25H30F3N5O. The first kappa shape index (κ1) is 25.4. The molecule has 0 bridgehead atoms. The third kappa shape index (κ3) is 5.83. The highest BCUT2D eigenvalue weighted by molar-refractivity contribution is 5.95. The van der Waals surface area contributed by atoms with Gasteiger partial charge in [-0.15, -0.1) is 0 Å². The standard InChI is InChI=1S/C25H30F3N5O/c1-5-32(6-2)16-19-10-8-7-9-18(19)13-30-24(34)21-15-31-33(23(21)17(3)4)22-12-11-20(14-29-22)25(26,27)28/h7-12,14-15,17H,5-6,13,16H2,1-4H3,(H,30,34). The summed E-state index contributed by atoms with van der Waals surface area (Å²) in [6.45, 7) is 11.1. The third-order valence-electron chi connectivity index (χ3n) is 5.74. The lowest BCUT2D eigenvalue weighted by Gasteiger charge is -2.20. The van der Waals surface area contributed by atoms with Gasteiger partial charge < -0.3 is 5.32 Å². The van der Waals surface area contributed by atoms with Crippen molar-refractivity contribution in [1.82, 2.24) is 25.0 Å². The van der Waals surface area contributed by atoms with E-state index in [1.807, 2.05) is 32.0 Å². The summed E-state index contributed by atoms with van der Waals surface area (Å²) in [6.07, 6.45) is -2.26. The van der Waals surface area contributed by atoms with Crippen LogP contribution in [-0.2, 0) is 19.3 Å². The van der Waals surface area contributed by atoms with Gasteiger partial charge in [-0.25, -0.2) is 9.67 Å². The summed E-state index contributed by atoms with van der Waals surface area (Å²) in [5.74, 6) is -0.179. The Morgan fingerprint density at radius 1 is 1.06 bits per heavy atom. The summed E-state index contributed by atoms with van der Waals surface area (Å²) >= 11 is 0. The zero-order valence-corrected chi connectivity index (χ0v) is 19.9. The molecule has 3 aromatic rings. The lowest BCUT2D eigenvalue weighted by atomic mass is 10.0. The molecule has 0 atom stereocenters. The highest BCUT2D eigenvalue weighted by atomic mass is 19.4. The second-order valence-corrected chi connectivity index (χ2v) is 8.33. The van der Waals surface area contributed by atoms with Crippen LogP contribution in [-0.4, -0.2) is 38.7 Å². The van der Waals surface area contributed by atoms with Crippen LogP contribution in [0.25, 0.3) is 5.82 Å². The van der Waals surface area contributed by atoms with Crippen LogP contribution in [0.15, 0.2) is 48.8 Å². The molecule has 0 saturated heterocycles. The monoisotopic (exact) mass is 473 g/mol. The minimum atomic E-state index is -4.47. The Balaban J connectivity index is 1.81. The highest BCUT2D eigenvalue weighted by Gasteiger charge is 2.31. The number of carbonyl (C=O) groups excluding carboxylic acids is 1. The number of alkyl halides is 3. The van der Waals surface area contributed by atoms with Gasteiger partial charge in [0.15, 0.2) is 5.82 Å². The first-order valence-electron chi connectivity index (χ1n) is 11.3. The summed E-state index contributed by atoms with van der Waals surface area (Å²) in [5.41, 5.74) is 2.31. The van der Waals surface area contributed by atoms with Gasteiger partial charge in [-0.3, -0.25) is 9.69 Å². The SMILES string of the molecule is CCN(CC)Cc1ccccc1CNC(=O)c1cnn(-c2ccc(C(F)(F)F)cn2)c1C(C)C. The molecule has 34 heavy (non-hydrogen) atoms. The van der Waals surface area contributed by atoms with Crippen molar-refractivity contribution in [2.45, 2.75) is 52.9 Å². The van der Waals surface area contributed by atoms with Crippen LogP contribution < -0.4 is 5.32 Å². The second-order valence-electron chi connectivity index (χ2n) is 8.33. The average Bonchev–Trinajstić information content (AvgIpc) is 3.27. The van der Waals surface area contributed by atoms with E-state index >= 15 is 0 Å². The number of halogens is 3. The van der Waals surface area contributed by atoms with Gasteiger partial charge in [0.1, 0.15) is 0 Å². The summed E-state index contributed by atoms with van der Waals surface area (Å²) in [6, 6.07) is 10.2. The van der Waals surface area contributed by atoms with E-state index in [0.29, 0.717) is 17.8 Å². The number of hydrogen-bond donors (Lipinski definition) is 1. The molecule has 1 amide bonds. The molecule has 182 valence electrons. The van der Waals surface area contributed by atoms with Crippen molar-refractivity contribution >= 4 is 5.91 Å². The Kier molecular flexibility index (Phi) is 8.09. The van der Waals surface area contributed by atoms with Gasteiger partial charge in [0, 0.05) is 19.3 Å². The largest absolute Gasteiger partial charge is 0.417 e. The van der Waals surface area contributed by atoms with E-state index in [4.69, 9.17) is 0 Å². The number of hydrogen-bond acceptors (Lipinski definition) is 4. The predicted molar refractivity (Wildman–Crippen MR) is 125 cm³/mol. The molecule has 0 spiro atoms. The number of rotatable bonds is 9. The molecule has 2 aromatic heterocycles. The lowest BCUT2D eigenvalue weighted by molar-refractivity contribution is -0.137. The van der Waals surface area contributed by atoms with Crippen molar-refractivity contribution in [2.75, 3.05) is 13.1 Å². The van der Waals surface area contributed by atoms with E-state index in [1.54, 1.807) is 0 Å². The van der Waals surface area contributed by atoms with Crippen LogP contribution >= 0.6 is 0 Å². The molecule has 0 aliphatic rings. The van der Waals surface area contributed by atoms with Gasteiger partial charge in [-0.2, -0.15) is 18.3 Å². The highest BCUT2D eigenvalue weighted by Crippen LogP contribution is 2.29. The average molecular weight is 474 g/mol. The molecule has 1 aromatic carbocycles. The molecule has 0 radical (unpaired) electrons. The van der Waals surface area contributed by atoms with E-state index in [-0.39, 0.29) is 17.6 Å². The summed E-state index contributed by atoms with van der Waals surface area (Å²) < 4.78 is 40.1. The Morgan fingerprint density at radius 3 is 2.29 bits per heavy atom. The maximum atomic E-state index is 13.1. The van der Waals surface area contributed by atoms with Crippen molar-refractivity contribution in [3.8, 4) is 5.82 Å². The summed E-state index contributed by atoms with van der Waals surface area (Å²) in [5, 5.41) is 7.23. The molecule has 0 aliphatic carbocycles. The van der Waals surface area contributed by atoms with Crippen molar-refractivity contribution in [2.24, 2.45) is 0 Å². The Hall–Kier alpha value is -3.20. The molecule has 2 heterocycles. The summed E-state index contributed by atoms with van der Waals surface area (Å²) in [7, 11) is 0. The van der Waals surface area contributed by atoms with E-state index in [2.05, 4.69) is 40.2 Å². The van der Waals surface area contributed by atoms with E-state index < -0.39 is 11.7 Å². The number of pyridine rings is 1.